The van der Waals surface area contributed by atoms with Gasteiger partial charge in [-0.2, -0.15) is 11.3 Å². The fraction of sp³-hybridized carbons (Fsp3) is 0.154. The van der Waals surface area contributed by atoms with Gasteiger partial charge in [0.2, 0.25) is 0 Å². The van der Waals surface area contributed by atoms with Crippen molar-refractivity contribution in [2.75, 3.05) is 5.32 Å². The van der Waals surface area contributed by atoms with E-state index in [-0.39, 0.29) is 22.3 Å². The van der Waals surface area contributed by atoms with Crippen LogP contribution in [0.3, 0.4) is 0 Å². The van der Waals surface area contributed by atoms with Crippen LogP contribution in [0.4, 0.5) is 14.5 Å². The second kappa shape index (κ2) is 5.63. The summed E-state index contributed by atoms with van der Waals surface area (Å²) >= 11 is 6.23. The molecule has 0 radical (unpaired) electrons. The van der Waals surface area contributed by atoms with Crippen LogP contribution in [0.5, 0.6) is 0 Å². The highest BCUT2D eigenvalue weighted by Gasteiger charge is 2.15. The van der Waals surface area contributed by atoms with Gasteiger partial charge in [0.1, 0.15) is 22.3 Å². The Kier molecular flexibility index (Phi) is 4.11. The normalized spacial score (nSPS) is 12.2. The topological polar surface area (TPSA) is 38.0 Å². The SMILES string of the molecule is CC(Nc1c(F)cc(C(N)=S)cc1F)c1ccsc1. The Morgan fingerprint density at radius 2 is 2.00 bits per heavy atom. The van der Waals surface area contributed by atoms with Gasteiger partial charge in [0.15, 0.2) is 0 Å². The number of benzene rings is 1. The quantitative estimate of drug-likeness (QED) is 0.842. The highest BCUT2D eigenvalue weighted by atomic mass is 32.1. The second-order valence-electron chi connectivity index (χ2n) is 4.10. The van der Waals surface area contributed by atoms with Gasteiger partial charge in [0.05, 0.1) is 0 Å². The number of hydrogen-bond donors (Lipinski definition) is 2. The summed E-state index contributed by atoms with van der Waals surface area (Å²) in [5.74, 6) is -1.41. The number of nitrogens with two attached hydrogens (primary N) is 1. The van der Waals surface area contributed by atoms with Gasteiger partial charge in [-0.3, -0.25) is 0 Å². The van der Waals surface area contributed by atoms with E-state index in [0.717, 1.165) is 17.7 Å². The van der Waals surface area contributed by atoms with Crippen molar-refractivity contribution >= 4 is 34.2 Å². The molecule has 1 aromatic carbocycles. The van der Waals surface area contributed by atoms with Crippen molar-refractivity contribution in [3.05, 3.63) is 51.7 Å². The Bertz CT molecular complexity index is 574. The lowest BCUT2D eigenvalue weighted by atomic mass is 10.1. The molecule has 1 atom stereocenters. The Morgan fingerprint density at radius 1 is 1.37 bits per heavy atom. The third-order valence-corrected chi connectivity index (χ3v) is 3.67. The lowest BCUT2D eigenvalue weighted by Crippen LogP contribution is -2.13. The van der Waals surface area contributed by atoms with Crippen LogP contribution in [0.15, 0.2) is 29.0 Å². The Balaban J connectivity index is 2.28. The number of thiocarbonyl (C=S) groups is 1. The van der Waals surface area contributed by atoms with E-state index in [9.17, 15) is 8.78 Å². The van der Waals surface area contributed by atoms with E-state index in [0.29, 0.717) is 0 Å². The molecule has 6 heteroatoms. The number of thiophene rings is 1. The molecule has 19 heavy (non-hydrogen) atoms. The molecule has 3 N–H and O–H groups in total. The van der Waals surface area contributed by atoms with E-state index in [1.165, 1.54) is 11.3 Å². The molecule has 1 unspecified atom stereocenters. The van der Waals surface area contributed by atoms with Crippen molar-refractivity contribution in [1.82, 2.24) is 0 Å². The van der Waals surface area contributed by atoms with Crippen molar-refractivity contribution in [3.8, 4) is 0 Å². The zero-order valence-corrected chi connectivity index (χ0v) is 11.7. The second-order valence-corrected chi connectivity index (χ2v) is 5.32. The maximum atomic E-state index is 13.9. The van der Waals surface area contributed by atoms with E-state index in [1.54, 1.807) is 0 Å². The van der Waals surface area contributed by atoms with Gasteiger partial charge in [-0.1, -0.05) is 12.2 Å². The molecule has 0 spiro atoms. The van der Waals surface area contributed by atoms with Gasteiger partial charge >= 0.3 is 0 Å². The predicted molar refractivity (Wildman–Crippen MR) is 78.6 cm³/mol. The summed E-state index contributed by atoms with van der Waals surface area (Å²) in [4.78, 5) is -0.0322. The monoisotopic (exact) mass is 298 g/mol. The summed E-state index contributed by atoms with van der Waals surface area (Å²) in [7, 11) is 0. The van der Waals surface area contributed by atoms with Gasteiger partial charge in [-0.25, -0.2) is 8.78 Å². The van der Waals surface area contributed by atoms with Gasteiger partial charge in [0.25, 0.3) is 0 Å². The van der Waals surface area contributed by atoms with Crippen molar-refractivity contribution in [2.45, 2.75) is 13.0 Å². The molecule has 0 amide bonds. The van der Waals surface area contributed by atoms with Crippen LogP contribution < -0.4 is 11.1 Å². The van der Waals surface area contributed by atoms with E-state index in [1.807, 2.05) is 23.8 Å². The van der Waals surface area contributed by atoms with Gasteiger partial charge in [-0.15, -0.1) is 0 Å². The first-order valence-electron chi connectivity index (χ1n) is 5.56. The zero-order valence-electron chi connectivity index (χ0n) is 10.1. The third kappa shape index (κ3) is 3.08. The molecule has 1 aromatic heterocycles. The molecule has 0 aliphatic rings. The maximum absolute atomic E-state index is 13.9. The lowest BCUT2D eigenvalue weighted by Gasteiger charge is -2.16. The van der Waals surface area contributed by atoms with E-state index >= 15 is 0 Å². The van der Waals surface area contributed by atoms with Crippen LogP contribution in [0, 0.1) is 11.6 Å². The summed E-state index contributed by atoms with van der Waals surface area (Å²) in [6.07, 6.45) is 0. The largest absolute Gasteiger partial charge is 0.389 e. The first-order valence-corrected chi connectivity index (χ1v) is 6.91. The molecule has 0 saturated carbocycles. The number of rotatable bonds is 4. The summed E-state index contributed by atoms with van der Waals surface area (Å²) in [6, 6.07) is 3.98. The maximum Gasteiger partial charge on any atom is 0.150 e. The highest BCUT2D eigenvalue weighted by Crippen LogP contribution is 2.26. The average molecular weight is 298 g/mol. The molecule has 0 aliphatic carbocycles. The molecule has 0 fully saturated rings. The first kappa shape index (κ1) is 13.9. The molecule has 2 nitrogen and oxygen atoms in total. The van der Waals surface area contributed by atoms with Gasteiger partial charge in [0, 0.05) is 11.6 Å². The van der Waals surface area contributed by atoms with Crippen LogP contribution >= 0.6 is 23.6 Å². The van der Waals surface area contributed by atoms with E-state index < -0.39 is 11.6 Å². The molecular weight excluding hydrogens is 286 g/mol. The molecule has 2 rings (SSSR count). The fourth-order valence-corrected chi connectivity index (χ4v) is 2.55. The number of halogens is 2. The summed E-state index contributed by atoms with van der Waals surface area (Å²) in [5.41, 5.74) is 6.34. The minimum atomic E-state index is -0.704. The first-order chi connectivity index (χ1) is 8.99. The fourth-order valence-electron chi connectivity index (χ4n) is 1.67. The standard InChI is InChI=1S/C13H12F2N2S2/c1-7(8-2-3-19-6-8)17-12-10(14)4-9(13(16)18)5-11(12)15/h2-7,17H,1H3,(H2,16,18). The Morgan fingerprint density at radius 3 is 2.47 bits per heavy atom. The molecule has 100 valence electrons. The Hall–Kier alpha value is -1.53. The van der Waals surface area contributed by atoms with Crippen molar-refractivity contribution < 1.29 is 8.78 Å². The van der Waals surface area contributed by atoms with Crippen molar-refractivity contribution in [2.24, 2.45) is 5.73 Å². The van der Waals surface area contributed by atoms with Gasteiger partial charge in [-0.05, 0) is 41.4 Å². The zero-order chi connectivity index (χ0) is 14.0. The van der Waals surface area contributed by atoms with Crippen LogP contribution in [-0.2, 0) is 0 Å². The molecule has 1 heterocycles. The minimum absolute atomic E-state index is 0.0322. The number of hydrogen-bond acceptors (Lipinski definition) is 3. The third-order valence-electron chi connectivity index (χ3n) is 2.73. The summed E-state index contributed by atoms with van der Waals surface area (Å²) in [5, 5.41) is 6.66. The number of anilines is 1. The van der Waals surface area contributed by atoms with Crippen molar-refractivity contribution in [1.29, 1.82) is 0 Å². The minimum Gasteiger partial charge on any atom is -0.389 e. The highest BCUT2D eigenvalue weighted by molar-refractivity contribution is 7.80. The summed E-state index contributed by atoms with van der Waals surface area (Å²) in [6.45, 7) is 1.84. The lowest BCUT2D eigenvalue weighted by molar-refractivity contribution is 0.584. The average Bonchev–Trinajstić information content (AvgIpc) is 2.86. The smallest absolute Gasteiger partial charge is 0.150 e. The molecule has 0 saturated heterocycles. The van der Waals surface area contributed by atoms with E-state index in [4.69, 9.17) is 18.0 Å². The number of nitrogens with one attached hydrogen (secondary N) is 1. The van der Waals surface area contributed by atoms with E-state index in [2.05, 4.69) is 5.32 Å². The summed E-state index contributed by atoms with van der Waals surface area (Å²) < 4.78 is 27.7. The van der Waals surface area contributed by atoms with Crippen molar-refractivity contribution in [3.63, 3.8) is 0 Å². The van der Waals surface area contributed by atoms with Crippen LogP contribution in [0.2, 0.25) is 0 Å². The molecular formula is C13H12F2N2S2. The molecule has 2 aromatic rings. The van der Waals surface area contributed by atoms with Crippen LogP contribution in [0.25, 0.3) is 0 Å². The molecule has 0 bridgehead atoms. The Labute approximate surface area is 119 Å². The van der Waals surface area contributed by atoms with Gasteiger partial charge < -0.3 is 11.1 Å². The molecule has 0 aliphatic heterocycles. The van der Waals surface area contributed by atoms with Crippen LogP contribution in [-0.4, -0.2) is 4.99 Å². The van der Waals surface area contributed by atoms with Crippen LogP contribution in [0.1, 0.15) is 24.1 Å². The predicted octanol–water partition coefficient (Wildman–Crippen LogP) is 3.83.